The third kappa shape index (κ3) is 9.56. The highest BCUT2D eigenvalue weighted by Crippen LogP contribution is 2.24. The lowest BCUT2D eigenvalue weighted by molar-refractivity contribution is 0.0333. The second kappa shape index (κ2) is 16.3. The molecule has 0 unspecified atom stereocenters. The van der Waals surface area contributed by atoms with Gasteiger partial charge < -0.3 is 23.4 Å². The molecule has 2 heterocycles. The first-order valence-corrected chi connectivity index (χ1v) is 14.8. The summed E-state index contributed by atoms with van der Waals surface area (Å²) in [5.74, 6) is 1.33. The lowest BCUT2D eigenvalue weighted by Gasteiger charge is -2.09. The van der Waals surface area contributed by atoms with Crippen LogP contribution in [-0.2, 0) is 22.4 Å². The fourth-order valence-corrected chi connectivity index (χ4v) is 4.49. The van der Waals surface area contributed by atoms with Crippen molar-refractivity contribution in [2.24, 2.45) is 0 Å². The highest BCUT2D eigenvalue weighted by molar-refractivity contribution is 5.78. The van der Waals surface area contributed by atoms with Crippen LogP contribution in [0, 0.1) is 5.82 Å². The number of aldehydes is 1. The summed E-state index contributed by atoms with van der Waals surface area (Å²) < 4.78 is 43.6. The molecule has 0 spiro atoms. The van der Waals surface area contributed by atoms with Crippen LogP contribution in [0.3, 0.4) is 0 Å². The minimum absolute atomic E-state index is 0.208. The maximum Gasteiger partial charge on any atom is 0.193 e. The molecule has 0 N–H and O–H groups in total. The number of halogens is 1. The van der Waals surface area contributed by atoms with E-state index in [4.69, 9.17) is 23.4 Å². The molecule has 0 bridgehead atoms. The zero-order chi connectivity index (χ0) is 31.3. The summed E-state index contributed by atoms with van der Waals surface area (Å²) in [4.78, 5) is 23.1. The first-order valence-electron chi connectivity index (χ1n) is 14.8. The Hall–Kier alpha value is -4.87. The van der Waals surface area contributed by atoms with Crippen molar-refractivity contribution in [2.75, 3.05) is 39.6 Å². The molecule has 0 aliphatic rings. The fourth-order valence-electron chi connectivity index (χ4n) is 4.49. The van der Waals surface area contributed by atoms with Crippen molar-refractivity contribution in [3.8, 4) is 22.8 Å². The van der Waals surface area contributed by atoms with Crippen molar-refractivity contribution in [1.82, 2.24) is 15.0 Å². The number of rotatable bonds is 18. The van der Waals surface area contributed by atoms with Gasteiger partial charge in [-0.1, -0.05) is 5.21 Å². The zero-order valence-corrected chi connectivity index (χ0v) is 24.7. The van der Waals surface area contributed by atoms with Crippen molar-refractivity contribution in [3.05, 3.63) is 106 Å². The molecule has 0 atom stereocenters. The van der Waals surface area contributed by atoms with Crippen molar-refractivity contribution < 1.29 is 32.5 Å². The Morgan fingerprint density at radius 2 is 1.51 bits per heavy atom. The molecule has 45 heavy (non-hydrogen) atoms. The molecule has 0 saturated carbocycles. The van der Waals surface area contributed by atoms with E-state index in [1.807, 2.05) is 6.20 Å². The molecular weight excluding hydrogens is 581 g/mol. The Kier molecular flexibility index (Phi) is 11.4. The van der Waals surface area contributed by atoms with Crippen LogP contribution in [0.2, 0.25) is 0 Å². The Bertz CT molecular complexity index is 1720. The van der Waals surface area contributed by atoms with Gasteiger partial charge in [-0.3, -0.25) is 9.59 Å². The molecule has 234 valence electrons. The molecule has 5 aromatic rings. The molecule has 0 aliphatic heterocycles. The predicted octanol–water partition coefficient (Wildman–Crippen LogP) is 5.52. The first kappa shape index (κ1) is 31.6. The second-order valence-corrected chi connectivity index (χ2v) is 10.2. The molecule has 2 aromatic heterocycles. The standard InChI is InChI=1S/C34H34FN3O7/c35-27-8-13-33-31(21-27)32(40)22-34(45-33)26-6-11-30(12-7-26)44-20-19-42-18-17-41-16-14-38-23-28(36-37-38)3-1-2-15-43-29-9-4-25(24-39)5-10-29/h4-13,21-24H,1-3,14-20H2. The number of unbranched alkanes of at least 4 members (excludes halogenated alkanes) is 1. The van der Waals surface area contributed by atoms with Crippen LogP contribution < -0.4 is 14.9 Å². The van der Waals surface area contributed by atoms with E-state index < -0.39 is 5.82 Å². The van der Waals surface area contributed by atoms with E-state index in [-0.39, 0.29) is 10.8 Å². The van der Waals surface area contributed by atoms with Gasteiger partial charge in [0.2, 0.25) is 0 Å². The van der Waals surface area contributed by atoms with Gasteiger partial charge in [0.05, 0.1) is 50.7 Å². The number of nitrogens with zero attached hydrogens (tertiary/aromatic N) is 3. The summed E-state index contributed by atoms with van der Waals surface area (Å²) >= 11 is 0. The van der Waals surface area contributed by atoms with E-state index in [9.17, 15) is 14.0 Å². The Labute approximate surface area is 259 Å². The number of aromatic nitrogens is 3. The smallest absolute Gasteiger partial charge is 0.193 e. The van der Waals surface area contributed by atoms with Crippen LogP contribution in [0.15, 0.2) is 88.2 Å². The molecule has 0 fully saturated rings. The molecule has 11 heteroatoms. The topological polar surface area (TPSA) is 115 Å². The van der Waals surface area contributed by atoms with Gasteiger partial charge in [0.1, 0.15) is 41.6 Å². The van der Waals surface area contributed by atoms with E-state index in [0.717, 1.165) is 37.0 Å². The van der Waals surface area contributed by atoms with Crippen molar-refractivity contribution >= 4 is 17.3 Å². The zero-order valence-electron chi connectivity index (χ0n) is 24.7. The van der Waals surface area contributed by atoms with Crippen LogP contribution in [0.5, 0.6) is 11.5 Å². The van der Waals surface area contributed by atoms with Crippen molar-refractivity contribution in [2.45, 2.75) is 25.8 Å². The maximum atomic E-state index is 13.4. The summed E-state index contributed by atoms with van der Waals surface area (Å²) in [5, 5.41) is 8.58. The van der Waals surface area contributed by atoms with Crippen LogP contribution in [0.1, 0.15) is 28.9 Å². The van der Waals surface area contributed by atoms with Crippen molar-refractivity contribution in [1.29, 1.82) is 0 Å². The minimum Gasteiger partial charge on any atom is -0.494 e. The number of benzene rings is 3. The van der Waals surface area contributed by atoms with Gasteiger partial charge in [-0.2, -0.15) is 0 Å². The molecule has 10 nitrogen and oxygen atoms in total. The van der Waals surface area contributed by atoms with E-state index in [2.05, 4.69) is 10.3 Å². The van der Waals surface area contributed by atoms with Gasteiger partial charge in [-0.25, -0.2) is 9.07 Å². The average molecular weight is 616 g/mol. The number of carbonyl (C=O) groups is 1. The molecular formula is C34H34FN3O7. The lowest BCUT2D eigenvalue weighted by Crippen LogP contribution is -2.13. The Balaban J connectivity index is 0.893. The summed E-state index contributed by atoms with van der Waals surface area (Å²) in [5.41, 5.74) is 2.31. The summed E-state index contributed by atoms with van der Waals surface area (Å²) in [6, 6.07) is 19.5. The third-order valence-corrected chi connectivity index (χ3v) is 6.86. The van der Waals surface area contributed by atoms with Crippen LogP contribution in [0.4, 0.5) is 4.39 Å². The second-order valence-electron chi connectivity index (χ2n) is 10.2. The summed E-state index contributed by atoms with van der Waals surface area (Å²) in [6.07, 6.45) is 5.39. The predicted molar refractivity (Wildman–Crippen MR) is 165 cm³/mol. The average Bonchev–Trinajstić information content (AvgIpc) is 3.52. The highest BCUT2D eigenvalue weighted by Gasteiger charge is 2.08. The molecule has 5 rings (SSSR count). The quantitative estimate of drug-likeness (QED) is 0.0929. The van der Waals surface area contributed by atoms with Gasteiger partial charge in [0.15, 0.2) is 5.43 Å². The van der Waals surface area contributed by atoms with Gasteiger partial charge in [0, 0.05) is 23.4 Å². The SMILES string of the molecule is O=Cc1ccc(OCCCCc2cn(CCOCCOCCOc3ccc(-c4cc(=O)c5cc(F)ccc5o4)cc3)nn2)cc1. The highest BCUT2D eigenvalue weighted by atomic mass is 19.1. The molecule has 0 amide bonds. The lowest BCUT2D eigenvalue weighted by atomic mass is 10.1. The maximum absolute atomic E-state index is 13.4. The third-order valence-electron chi connectivity index (χ3n) is 6.86. The number of aryl methyl sites for hydroxylation is 1. The summed E-state index contributed by atoms with van der Waals surface area (Å²) in [6.45, 7) is 3.39. The molecule has 0 radical (unpaired) electrons. The van der Waals surface area contributed by atoms with Gasteiger partial charge in [-0.05, 0) is 86.0 Å². The Morgan fingerprint density at radius 3 is 2.29 bits per heavy atom. The molecule has 0 saturated heterocycles. The molecule has 0 aliphatic carbocycles. The van der Waals surface area contributed by atoms with Crippen molar-refractivity contribution in [3.63, 3.8) is 0 Å². The number of ether oxygens (including phenoxy) is 4. The van der Waals surface area contributed by atoms with Crippen LogP contribution in [0.25, 0.3) is 22.3 Å². The van der Waals surface area contributed by atoms with Gasteiger partial charge in [0.25, 0.3) is 0 Å². The van der Waals surface area contributed by atoms with Crippen LogP contribution in [-0.4, -0.2) is 60.9 Å². The normalized spacial score (nSPS) is 11.1. The minimum atomic E-state index is -0.481. The molecule has 3 aromatic carbocycles. The van der Waals surface area contributed by atoms with Gasteiger partial charge >= 0.3 is 0 Å². The van der Waals surface area contributed by atoms with E-state index in [0.29, 0.717) is 74.4 Å². The largest absolute Gasteiger partial charge is 0.494 e. The number of hydrogen-bond donors (Lipinski definition) is 0. The summed E-state index contributed by atoms with van der Waals surface area (Å²) in [7, 11) is 0. The first-order chi connectivity index (χ1) is 22.1. The number of hydrogen-bond acceptors (Lipinski definition) is 9. The van der Waals surface area contributed by atoms with Crippen LogP contribution >= 0.6 is 0 Å². The fraction of sp³-hybridized carbons (Fsp3) is 0.294. The van der Waals surface area contributed by atoms with E-state index in [1.54, 1.807) is 53.2 Å². The van der Waals surface area contributed by atoms with E-state index >= 15 is 0 Å². The number of carbonyl (C=O) groups excluding carboxylic acids is 1. The Morgan fingerprint density at radius 1 is 0.800 bits per heavy atom. The van der Waals surface area contributed by atoms with Gasteiger partial charge in [-0.15, -0.1) is 5.10 Å². The monoisotopic (exact) mass is 615 g/mol. The van der Waals surface area contributed by atoms with E-state index in [1.165, 1.54) is 24.3 Å². The number of fused-ring (bicyclic) bond motifs is 1.